The number of aromatic nitrogens is 1. The molecule has 1 heterocycles. The van der Waals surface area contributed by atoms with Crippen LogP contribution in [0.25, 0.3) is 0 Å². The second-order valence-electron chi connectivity index (χ2n) is 4.03. The molecule has 0 atom stereocenters. The van der Waals surface area contributed by atoms with Crippen LogP contribution in [0.3, 0.4) is 0 Å². The number of nitrogens with zero attached hydrogens (tertiary/aromatic N) is 1. The highest BCUT2D eigenvalue weighted by Gasteiger charge is 2.09. The van der Waals surface area contributed by atoms with Crippen LogP contribution in [-0.2, 0) is 0 Å². The molecule has 0 radical (unpaired) electrons. The van der Waals surface area contributed by atoms with E-state index < -0.39 is 0 Å². The first kappa shape index (κ1) is 13.4. The Kier molecular flexibility index (Phi) is 3.92. The molecule has 0 saturated carbocycles. The molecule has 2 nitrogen and oxygen atoms in total. The highest BCUT2D eigenvalue weighted by molar-refractivity contribution is 9.10. The summed E-state index contributed by atoms with van der Waals surface area (Å²) in [5.41, 5.74) is 8.47. The number of nitrogen functional groups attached to an aromatic ring is 1. The van der Waals surface area contributed by atoms with Crippen LogP contribution < -0.4 is 5.73 Å². The number of halogens is 2. The van der Waals surface area contributed by atoms with Gasteiger partial charge in [0.05, 0.1) is 4.47 Å². The summed E-state index contributed by atoms with van der Waals surface area (Å²) in [4.78, 5) is 5.07. The molecule has 1 aromatic carbocycles. The molecule has 0 amide bonds. The van der Waals surface area contributed by atoms with Crippen molar-refractivity contribution in [3.05, 3.63) is 45.8 Å². The van der Waals surface area contributed by atoms with E-state index in [0.717, 1.165) is 16.3 Å². The fraction of sp³-hybridized carbons (Fsp3) is 0.154. The van der Waals surface area contributed by atoms with Crippen molar-refractivity contribution >= 4 is 33.4 Å². The number of anilines is 1. The van der Waals surface area contributed by atoms with E-state index in [0.29, 0.717) is 15.1 Å². The van der Waals surface area contributed by atoms with E-state index in [1.807, 2.05) is 26.0 Å². The molecule has 2 aromatic rings. The summed E-state index contributed by atoms with van der Waals surface area (Å²) >= 11 is 4.48. The zero-order valence-electron chi connectivity index (χ0n) is 10.00. The maximum Gasteiger partial charge on any atom is 0.138 e. The van der Waals surface area contributed by atoms with E-state index in [2.05, 4.69) is 20.9 Å². The molecule has 0 saturated heterocycles. The van der Waals surface area contributed by atoms with E-state index in [1.54, 1.807) is 6.07 Å². The lowest BCUT2D eigenvalue weighted by Gasteiger charge is -2.07. The Bertz CT molecular complexity index is 582. The molecular formula is C13H12BrFN2S. The summed E-state index contributed by atoms with van der Waals surface area (Å²) in [7, 11) is 0. The van der Waals surface area contributed by atoms with E-state index in [-0.39, 0.29) is 5.82 Å². The van der Waals surface area contributed by atoms with Gasteiger partial charge in [-0.05, 0) is 59.6 Å². The molecule has 1 aromatic heterocycles. The Morgan fingerprint density at radius 1 is 1.22 bits per heavy atom. The van der Waals surface area contributed by atoms with E-state index >= 15 is 0 Å². The van der Waals surface area contributed by atoms with Gasteiger partial charge in [-0.2, -0.15) is 0 Å². The predicted octanol–water partition coefficient (Wildman–Crippen LogP) is 4.33. The average Bonchev–Trinajstić information content (AvgIpc) is 2.24. The first-order chi connectivity index (χ1) is 8.45. The number of aryl methyl sites for hydroxylation is 2. The molecule has 2 N–H and O–H groups in total. The lowest BCUT2D eigenvalue weighted by molar-refractivity contribution is 0.618. The fourth-order valence-corrected chi connectivity index (χ4v) is 2.96. The summed E-state index contributed by atoms with van der Waals surface area (Å²) in [5, 5.41) is 0.820. The lowest BCUT2D eigenvalue weighted by atomic mass is 10.3. The van der Waals surface area contributed by atoms with Crippen LogP contribution in [-0.4, -0.2) is 4.98 Å². The zero-order chi connectivity index (χ0) is 13.3. The van der Waals surface area contributed by atoms with Crippen LogP contribution in [0.15, 0.2) is 38.7 Å². The van der Waals surface area contributed by atoms with Crippen molar-refractivity contribution in [1.82, 2.24) is 4.98 Å². The molecule has 5 heteroatoms. The number of hydrogen-bond donors (Lipinski definition) is 1. The molecule has 0 bridgehead atoms. The Hall–Kier alpha value is -1.07. The Morgan fingerprint density at radius 2 is 1.94 bits per heavy atom. The van der Waals surface area contributed by atoms with Crippen LogP contribution in [0.2, 0.25) is 0 Å². The van der Waals surface area contributed by atoms with E-state index in [4.69, 9.17) is 5.73 Å². The van der Waals surface area contributed by atoms with Gasteiger partial charge in [0.1, 0.15) is 10.8 Å². The first-order valence-corrected chi connectivity index (χ1v) is 6.94. The van der Waals surface area contributed by atoms with Gasteiger partial charge in [-0.1, -0.05) is 11.8 Å². The monoisotopic (exact) mass is 326 g/mol. The Morgan fingerprint density at radius 3 is 2.61 bits per heavy atom. The van der Waals surface area contributed by atoms with Gasteiger partial charge in [-0.3, -0.25) is 0 Å². The summed E-state index contributed by atoms with van der Waals surface area (Å²) in [6.07, 6.45) is 0. The molecule has 0 aliphatic carbocycles. The number of nitrogens with two attached hydrogens (primary N) is 1. The minimum atomic E-state index is -0.323. The largest absolute Gasteiger partial charge is 0.398 e. The molecule has 94 valence electrons. The van der Waals surface area contributed by atoms with Crippen molar-refractivity contribution in [2.24, 2.45) is 0 Å². The molecule has 0 aliphatic rings. The van der Waals surface area contributed by atoms with E-state index in [1.165, 1.54) is 17.8 Å². The van der Waals surface area contributed by atoms with Gasteiger partial charge in [0, 0.05) is 16.3 Å². The van der Waals surface area contributed by atoms with Crippen molar-refractivity contribution in [2.75, 3.05) is 5.73 Å². The topological polar surface area (TPSA) is 38.9 Å². The quantitative estimate of drug-likeness (QED) is 0.834. The number of rotatable bonds is 2. The van der Waals surface area contributed by atoms with Gasteiger partial charge in [0.2, 0.25) is 0 Å². The normalized spacial score (nSPS) is 10.7. The fourth-order valence-electron chi connectivity index (χ4n) is 1.60. The molecule has 0 unspecified atom stereocenters. The lowest BCUT2D eigenvalue weighted by Crippen LogP contribution is -1.92. The average molecular weight is 327 g/mol. The van der Waals surface area contributed by atoms with Crippen LogP contribution in [0.4, 0.5) is 10.1 Å². The highest BCUT2D eigenvalue weighted by Crippen LogP contribution is 2.34. The van der Waals surface area contributed by atoms with Crippen molar-refractivity contribution in [3.8, 4) is 0 Å². The second kappa shape index (κ2) is 5.28. The SMILES string of the molecule is Cc1cc(C)nc(Sc2cc(F)c(Br)cc2N)c1. The van der Waals surface area contributed by atoms with E-state index in [9.17, 15) is 4.39 Å². The van der Waals surface area contributed by atoms with Crippen molar-refractivity contribution in [1.29, 1.82) is 0 Å². The number of pyridine rings is 1. The minimum absolute atomic E-state index is 0.323. The van der Waals surface area contributed by atoms with Gasteiger partial charge >= 0.3 is 0 Å². The van der Waals surface area contributed by atoms with Gasteiger partial charge in [0.25, 0.3) is 0 Å². The molecule has 0 aliphatic heterocycles. The maximum absolute atomic E-state index is 13.5. The molecule has 0 spiro atoms. The summed E-state index contributed by atoms with van der Waals surface area (Å²) in [5.74, 6) is -0.323. The van der Waals surface area contributed by atoms with Crippen LogP contribution in [0.5, 0.6) is 0 Å². The van der Waals surface area contributed by atoms with Crippen molar-refractivity contribution in [3.63, 3.8) is 0 Å². The van der Waals surface area contributed by atoms with Crippen molar-refractivity contribution < 1.29 is 4.39 Å². The first-order valence-electron chi connectivity index (χ1n) is 5.33. The summed E-state index contributed by atoms with van der Waals surface area (Å²) in [6.45, 7) is 3.94. The predicted molar refractivity (Wildman–Crippen MR) is 76.3 cm³/mol. The van der Waals surface area contributed by atoms with Crippen LogP contribution >= 0.6 is 27.7 Å². The number of hydrogen-bond acceptors (Lipinski definition) is 3. The third-order valence-corrected chi connectivity index (χ3v) is 3.94. The van der Waals surface area contributed by atoms with Gasteiger partial charge in [0.15, 0.2) is 0 Å². The molecular weight excluding hydrogens is 315 g/mol. The second-order valence-corrected chi connectivity index (χ2v) is 5.95. The molecule has 2 rings (SSSR count). The zero-order valence-corrected chi connectivity index (χ0v) is 12.4. The smallest absolute Gasteiger partial charge is 0.138 e. The standard InChI is InChI=1S/C13H12BrFN2S/c1-7-3-8(2)17-13(4-7)18-12-6-10(15)9(14)5-11(12)16/h3-6H,16H2,1-2H3. The van der Waals surface area contributed by atoms with Gasteiger partial charge in [-0.25, -0.2) is 9.37 Å². The van der Waals surface area contributed by atoms with Crippen LogP contribution in [0.1, 0.15) is 11.3 Å². The third kappa shape index (κ3) is 3.03. The molecule has 0 fully saturated rings. The van der Waals surface area contributed by atoms with Crippen molar-refractivity contribution in [2.45, 2.75) is 23.8 Å². The Balaban J connectivity index is 2.36. The summed E-state index contributed by atoms with van der Waals surface area (Å²) in [6, 6.07) is 6.94. The van der Waals surface area contributed by atoms with Gasteiger partial charge < -0.3 is 5.73 Å². The van der Waals surface area contributed by atoms with Crippen LogP contribution in [0, 0.1) is 19.7 Å². The Labute approximate surface area is 118 Å². The number of benzene rings is 1. The molecule has 18 heavy (non-hydrogen) atoms. The summed E-state index contributed by atoms with van der Waals surface area (Å²) < 4.78 is 13.9. The third-order valence-electron chi connectivity index (χ3n) is 2.34. The minimum Gasteiger partial charge on any atom is -0.398 e. The highest BCUT2D eigenvalue weighted by atomic mass is 79.9. The maximum atomic E-state index is 13.5. The van der Waals surface area contributed by atoms with Gasteiger partial charge in [-0.15, -0.1) is 0 Å².